The van der Waals surface area contributed by atoms with Gasteiger partial charge in [-0.1, -0.05) is 31.9 Å². The summed E-state index contributed by atoms with van der Waals surface area (Å²) in [6.45, 7) is 2.32. The molecule has 0 bridgehead atoms. The Balaban J connectivity index is 2.08. The normalized spacial score (nSPS) is 12.8. The van der Waals surface area contributed by atoms with Crippen molar-refractivity contribution in [2.75, 3.05) is 13.9 Å². The zero-order chi connectivity index (χ0) is 16.2. The molecule has 1 aliphatic carbocycles. The van der Waals surface area contributed by atoms with Crippen LogP contribution in [0.2, 0.25) is 0 Å². The number of allylic oxidation sites excluding steroid dienone is 1. The van der Waals surface area contributed by atoms with E-state index in [0.717, 1.165) is 41.5 Å². The highest BCUT2D eigenvalue weighted by molar-refractivity contribution is 5.93. The first-order valence-electron chi connectivity index (χ1n) is 8.24. The first kappa shape index (κ1) is 15.8. The van der Waals surface area contributed by atoms with Crippen LogP contribution in [0.25, 0.3) is 16.8 Å². The summed E-state index contributed by atoms with van der Waals surface area (Å²) in [6, 6.07) is 4.17. The molecule has 0 aliphatic heterocycles. The van der Waals surface area contributed by atoms with Crippen LogP contribution in [-0.2, 0) is 17.6 Å². The number of fused-ring (bicyclic) bond motifs is 2. The maximum atomic E-state index is 12.6. The highest BCUT2D eigenvalue weighted by Gasteiger charge is 2.18. The van der Waals surface area contributed by atoms with E-state index in [4.69, 9.17) is 9.47 Å². The molecule has 0 saturated heterocycles. The Bertz CT molecular complexity index is 789. The van der Waals surface area contributed by atoms with Crippen molar-refractivity contribution >= 4 is 16.8 Å². The van der Waals surface area contributed by atoms with E-state index in [9.17, 15) is 4.79 Å². The quantitative estimate of drug-likeness (QED) is 0.624. The Hall–Kier alpha value is -2.07. The Morgan fingerprint density at radius 3 is 2.91 bits per heavy atom. The van der Waals surface area contributed by atoms with Crippen LogP contribution in [0.1, 0.15) is 43.0 Å². The number of methoxy groups -OCH3 is 1. The molecule has 1 aromatic heterocycles. The molecular weight excluding hydrogens is 290 g/mol. The first-order valence-corrected chi connectivity index (χ1v) is 8.24. The number of hydrogen-bond donors (Lipinski definition) is 1. The van der Waals surface area contributed by atoms with Crippen LogP contribution in [0.3, 0.4) is 0 Å². The smallest absolute Gasteiger partial charge is 0.259 e. The third-order valence-corrected chi connectivity index (χ3v) is 4.27. The van der Waals surface area contributed by atoms with Crippen LogP contribution >= 0.6 is 0 Å². The summed E-state index contributed by atoms with van der Waals surface area (Å²) in [6.07, 6.45) is 9.32. The third kappa shape index (κ3) is 3.17. The van der Waals surface area contributed by atoms with Gasteiger partial charge >= 0.3 is 0 Å². The van der Waals surface area contributed by atoms with Crippen molar-refractivity contribution in [1.29, 1.82) is 0 Å². The van der Waals surface area contributed by atoms with Gasteiger partial charge in [-0.05, 0) is 42.3 Å². The van der Waals surface area contributed by atoms with E-state index >= 15 is 0 Å². The van der Waals surface area contributed by atoms with Crippen molar-refractivity contribution in [3.8, 4) is 5.75 Å². The molecule has 0 atom stereocenters. The number of pyridine rings is 1. The Labute approximate surface area is 136 Å². The van der Waals surface area contributed by atoms with Crippen LogP contribution in [0, 0.1) is 0 Å². The van der Waals surface area contributed by atoms with Gasteiger partial charge in [0, 0.05) is 18.4 Å². The topological polar surface area (TPSA) is 51.3 Å². The average molecular weight is 313 g/mol. The molecule has 122 valence electrons. The number of rotatable bonds is 7. The summed E-state index contributed by atoms with van der Waals surface area (Å²) in [7, 11) is 1.58. The first-order chi connectivity index (χ1) is 11.2. The molecule has 0 unspecified atom stereocenters. The molecule has 0 fully saturated rings. The lowest BCUT2D eigenvalue weighted by Crippen LogP contribution is -2.13. The molecule has 0 radical (unpaired) electrons. The van der Waals surface area contributed by atoms with Crippen LogP contribution in [0.4, 0.5) is 0 Å². The van der Waals surface area contributed by atoms with Gasteiger partial charge in [0.1, 0.15) is 5.75 Å². The van der Waals surface area contributed by atoms with Gasteiger partial charge in [0.15, 0.2) is 6.79 Å². The lowest BCUT2D eigenvalue weighted by Gasteiger charge is -2.14. The van der Waals surface area contributed by atoms with Crippen molar-refractivity contribution in [2.45, 2.75) is 39.0 Å². The molecule has 23 heavy (non-hydrogen) atoms. The van der Waals surface area contributed by atoms with Crippen LogP contribution in [-0.4, -0.2) is 18.9 Å². The summed E-state index contributed by atoms with van der Waals surface area (Å²) in [5.74, 6) is 0.658. The number of aryl methyl sites for hydroxylation is 1. The van der Waals surface area contributed by atoms with E-state index in [-0.39, 0.29) is 12.4 Å². The standard InChI is InChI=1S/C19H23NO3/c1-3-4-5-8-15-11-14-10-13-7-6-9-16(13)18(23-12-22-2)17(14)19(21)20-15/h6-7,10-11H,3-5,8-9,12H2,1-2H3,(H,20,21). The Morgan fingerprint density at radius 2 is 2.13 bits per heavy atom. The second kappa shape index (κ2) is 7.01. The monoisotopic (exact) mass is 313 g/mol. The summed E-state index contributed by atoms with van der Waals surface area (Å²) in [5.41, 5.74) is 3.12. The lowest BCUT2D eigenvalue weighted by atomic mass is 10.0. The molecule has 4 heteroatoms. The van der Waals surface area contributed by atoms with Crippen LogP contribution < -0.4 is 10.3 Å². The second-order valence-corrected chi connectivity index (χ2v) is 5.98. The highest BCUT2D eigenvalue weighted by atomic mass is 16.7. The Morgan fingerprint density at radius 1 is 1.26 bits per heavy atom. The molecule has 4 nitrogen and oxygen atoms in total. The van der Waals surface area contributed by atoms with Gasteiger partial charge < -0.3 is 14.5 Å². The SMILES string of the molecule is CCCCCc1cc2cc3c(c(OCOC)c2c(=O)[nH]1)CC=C3. The van der Waals surface area contributed by atoms with Crippen LogP contribution in [0.15, 0.2) is 23.0 Å². The number of unbranched alkanes of at least 4 members (excludes halogenated alkanes) is 2. The fourth-order valence-electron chi connectivity index (χ4n) is 3.16. The lowest BCUT2D eigenvalue weighted by molar-refractivity contribution is 0.0516. The van der Waals surface area contributed by atoms with E-state index in [1.165, 1.54) is 12.8 Å². The van der Waals surface area contributed by atoms with Crippen molar-refractivity contribution in [2.24, 2.45) is 0 Å². The summed E-state index contributed by atoms with van der Waals surface area (Å²) in [5, 5.41) is 1.57. The fourth-order valence-corrected chi connectivity index (χ4v) is 3.16. The molecule has 1 heterocycles. The number of nitrogens with one attached hydrogen (secondary N) is 1. The highest BCUT2D eigenvalue weighted by Crippen LogP contribution is 2.35. The predicted octanol–water partition coefficient (Wildman–Crippen LogP) is 3.81. The van der Waals surface area contributed by atoms with Gasteiger partial charge in [-0.25, -0.2) is 0 Å². The zero-order valence-corrected chi connectivity index (χ0v) is 13.8. The van der Waals surface area contributed by atoms with E-state index in [2.05, 4.69) is 36.2 Å². The molecule has 0 spiro atoms. The van der Waals surface area contributed by atoms with Gasteiger partial charge in [-0.3, -0.25) is 4.79 Å². The van der Waals surface area contributed by atoms with Gasteiger partial charge in [-0.2, -0.15) is 0 Å². The number of aromatic nitrogens is 1. The van der Waals surface area contributed by atoms with Crippen molar-refractivity contribution < 1.29 is 9.47 Å². The van der Waals surface area contributed by atoms with Crippen LogP contribution in [0.5, 0.6) is 5.75 Å². The largest absolute Gasteiger partial charge is 0.466 e. The number of hydrogen-bond acceptors (Lipinski definition) is 3. The Kier molecular flexibility index (Phi) is 4.82. The summed E-state index contributed by atoms with van der Waals surface area (Å²) >= 11 is 0. The molecule has 1 aromatic carbocycles. The van der Waals surface area contributed by atoms with Gasteiger partial charge in [-0.15, -0.1) is 0 Å². The van der Waals surface area contributed by atoms with E-state index in [1.807, 2.05) is 0 Å². The van der Waals surface area contributed by atoms with E-state index in [0.29, 0.717) is 11.1 Å². The maximum absolute atomic E-state index is 12.6. The molecular formula is C19H23NO3. The minimum Gasteiger partial charge on any atom is -0.466 e. The molecule has 1 aliphatic rings. The molecule has 0 saturated carbocycles. The van der Waals surface area contributed by atoms with Gasteiger partial charge in [0.25, 0.3) is 5.56 Å². The van der Waals surface area contributed by atoms with Crippen molar-refractivity contribution in [3.63, 3.8) is 0 Å². The van der Waals surface area contributed by atoms with Gasteiger partial charge in [0.05, 0.1) is 5.39 Å². The van der Waals surface area contributed by atoms with E-state index < -0.39 is 0 Å². The number of aromatic amines is 1. The predicted molar refractivity (Wildman–Crippen MR) is 93.0 cm³/mol. The third-order valence-electron chi connectivity index (χ3n) is 4.27. The van der Waals surface area contributed by atoms with Crippen molar-refractivity contribution in [3.05, 3.63) is 45.4 Å². The second-order valence-electron chi connectivity index (χ2n) is 5.98. The maximum Gasteiger partial charge on any atom is 0.259 e. The summed E-state index contributed by atoms with van der Waals surface area (Å²) in [4.78, 5) is 15.6. The van der Waals surface area contributed by atoms with Crippen molar-refractivity contribution in [1.82, 2.24) is 4.98 Å². The molecule has 1 N–H and O–H groups in total. The molecule has 0 amide bonds. The fraction of sp³-hybridized carbons (Fsp3) is 0.421. The van der Waals surface area contributed by atoms with E-state index in [1.54, 1.807) is 7.11 Å². The minimum atomic E-state index is -0.0743. The van der Waals surface area contributed by atoms with Gasteiger partial charge in [0.2, 0.25) is 0 Å². The average Bonchev–Trinajstić information content (AvgIpc) is 3.00. The number of ether oxygens (including phenoxy) is 2. The molecule has 3 rings (SSSR count). The summed E-state index contributed by atoms with van der Waals surface area (Å²) < 4.78 is 10.8. The zero-order valence-electron chi connectivity index (χ0n) is 13.8. The number of benzene rings is 1. The molecule has 2 aromatic rings. The number of H-pyrrole nitrogens is 1. The minimum absolute atomic E-state index is 0.0743.